The number of benzene rings is 1. The van der Waals surface area contributed by atoms with E-state index < -0.39 is 0 Å². The lowest BCUT2D eigenvalue weighted by atomic mass is 9.78. The van der Waals surface area contributed by atoms with Crippen LogP contribution in [0.3, 0.4) is 0 Å². The third-order valence-corrected chi connectivity index (χ3v) is 3.95. The normalized spacial score (nSPS) is 17.4. The zero-order valence-corrected chi connectivity index (χ0v) is 13.0. The molecule has 1 aromatic carbocycles. The van der Waals surface area contributed by atoms with E-state index in [-0.39, 0.29) is 5.41 Å². The second kappa shape index (κ2) is 7.54. The lowest BCUT2D eigenvalue weighted by Crippen LogP contribution is -2.19. The Bertz CT molecular complexity index is 348. The van der Waals surface area contributed by atoms with Gasteiger partial charge in [-0.1, -0.05) is 46.8 Å². The fourth-order valence-corrected chi connectivity index (χ4v) is 1.97. The Morgan fingerprint density at radius 2 is 1.68 bits per heavy atom. The van der Waals surface area contributed by atoms with Gasteiger partial charge in [0, 0.05) is 0 Å². The highest BCUT2D eigenvalue weighted by Gasteiger charge is 2.24. The first-order valence-corrected chi connectivity index (χ1v) is 7.53. The van der Waals surface area contributed by atoms with Gasteiger partial charge >= 0.3 is 0 Å². The summed E-state index contributed by atoms with van der Waals surface area (Å²) in [5, 5.41) is 0. The number of hydrogen-bond acceptors (Lipinski definition) is 2. The fraction of sp³-hybridized carbons (Fsp3) is 0.647. The van der Waals surface area contributed by atoms with E-state index in [0.717, 1.165) is 12.4 Å². The Morgan fingerprint density at radius 1 is 1.16 bits per heavy atom. The van der Waals surface area contributed by atoms with E-state index in [2.05, 4.69) is 45.0 Å². The molecule has 0 spiro atoms. The van der Waals surface area contributed by atoms with E-state index in [9.17, 15) is 0 Å². The number of rotatable bonds is 6. The third-order valence-electron chi connectivity index (χ3n) is 3.95. The zero-order valence-electron chi connectivity index (χ0n) is 13.0. The molecule has 108 valence electrons. The van der Waals surface area contributed by atoms with Crippen molar-refractivity contribution in [1.29, 1.82) is 0 Å². The first-order valence-electron chi connectivity index (χ1n) is 7.53. The quantitative estimate of drug-likeness (QED) is 0.702. The van der Waals surface area contributed by atoms with Crippen LogP contribution < -0.4 is 4.74 Å². The maximum absolute atomic E-state index is 5.64. The second-order valence-corrected chi connectivity index (χ2v) is 5.06. The monoisotopic (exact) mass is 264 g/mol. The molecule has 1 atom stereocenters. The summed E-state index contributed by atoms with van der Waals surface area (Å²) in [5.74, 6) is 0.943. The van der Waals surface area contributed by atoms with E-state index in [4.69, 9.17) is 9.47 Å². The van der Waals surface area contributed by atoms with E-state index >= 15 is 0 Å². The molecule has 2 rings (SSSR count). The largest absolute Gasteiger partial charge is 0.491 e. The van der Waals surface area contributed by atoms with Crippen LogP contribution in [0.15, 0.2) is 24.3 Å². The summed E-state index contributed by atoms with van der Waals surface area (Å²) in [6, 6.07) is 8.52. The molecule has 19 heavy (non-hydrogen) atoms. The predicted octanol–water partition coefficient (Wildman–Crippen LogP) is 4.57. The standard InChI is InChI=1S/C15H22O2.C2H6/c1-4-15(3,5-2)12-6-8-13(9-7-12)16-10-14-11-17-14;1-2/h6-9,14H,4-5,10-11H2,1-3H3;1-2H3. The van der Waals surface area contributed by atoms with Gasteiger partial charge in [0.2, 0.25) is 0 Å². The van der Waals surface area contributed by atoms with Gasteiger partial charge in [-0.3, -0.25) is 0 Å². The molecule has 0 saturated carbocycles. The SMILES string of the molecule is CC.CCC(C)(CC)c1ccc(OCC2CO2)cc1. The highest BCUT2D eigenvalue weighted by molar-refractivity contribution is 5.32. The van der Waals surface area contributed by atoms with Crippen LogP contribution in [-0.2, 0) is 10.2 Å². The Balaban J connectivity index is 0.000000861. The lowest BCUT2D eigenvalue weighted by molar-refractivity contribution is 0.263. The topological polar surface area (TPSA) is 21.8 Å². The molecule has 1 aliphatic heterocycles. The molecule has 2 nitrogen and oxygen atoms in total. The Hall–Kier alpha value is -1.02. The molecule has 0 amide bonds. The first kappa shape index (κ1) is 16.0. The summed E-state index contributed by atoms with van der Waals surface area (Å²) in [5.41, 5.74) is 1.69. The molecular formula is C17H28O2. The fourth-order valence-electron chi connectivity index (χ4n) is 1.97. The van der Waals surface area contributed by atoms with Crippen LogP contribution in [0.1, 0.15) is 53.0 Å². The predicted molar refractivity (Wildman–Crippen MR) is 81.0 cm³/mol. The zero-order chi connectivity index (χ0) is 14.3. The van der Waals surface area contributed by atoms with Gasteiger partial charge in [0.05, 0.1) is 6.61 Å². The molecule has 1 aliphatic rings. The Morgan fingerprint density at radius 3 is 2.11 bits per heavy atom. The minimum atomic E-state index is 0.290. The van der Waals surface area contributed by atoms with Crippen molar-refractivity contribution < 1.29 is 9.47 Å². The van der Waals surface area contributed by atoms with E-state index in [0.29, 0.717) is 12.7 Å². The highest BCUT2D eigenvalue weighted by atomic mass is 16.6. The summed E-state index contributed by atoms with van der Waals surface area (Å²) < 4.78 is 10.8. The molecule has 0 bridgehead atoms. The van der Waals surface area contributed by atoms with Crippen LogP contribution in [0.4, 0.5) is 0 Å². The maximum Gasteiger partial charge on any atom is 0.119 e. The summed E-state index contributed by atoms with van der Waals surface area (Å²) in [6.07, 6.45) is 2.66. The minimum Gasteiger partial charge on any atom is -0.491 e. The van der Waals surface area contributed by atoms with Gasteiger partial charge in [0.25, 0.3) is 0 Å². The maximum atomic E-state index is 5.64. The van der Waals surface area contributed by atoms with E-state index in [1.807, 2.05) is 13.8 Å². The molecule has 0 aliphatic carbocycles. The Kier molecular flexibility index (Phi) is 6.36. The molecule has 0 N–H and O–H groups in total. The van der Waals surface area contributed by atoms with Crippen LogP contribution in [0.25, 0.3) is 0 Å². The Labute approximate surface area is 118 Å². The summed E-state index contributed by atoms with van der Waals surface area (Å²) >= 11 is 0. The van der Waals surface area contributed by atoms with Gasteiger partial charge in [-0.25, -0.2) is 0 Å². The van der Waals surface area contributed by atoms with Gasteiger partial charge in [-0.15, -0.1) is 0 Å². The van der Waals surface area contributed by atoms with Crippen molar-refractivity contribution in [3.8, 4) is 5.75 Å². The highest BCUT2D eigenvalue weighted by Crippen LogP contribution is 2.31. The van der Waals surface area contributed by atoms with Crippen molar-refractivity contribution in [3.63, 3.8) is 0 Å². The molecule has 1 aromatic rings. The van der Waals surface area contributed by atoms with Crippen LogP contribution in [0.2, 0.25) is 0 Å². The van der Waals surface area contributed by atoms with Gasteiger partial charge in [0.1, 0.15) is 18.5 Å². The van der Waals surface area contributed by atoms with Gasteiger partial charge in [-0.05, 0) is 36.0 Å². The smallest absolute Gasteiger partial charge is 0.119 e. The van der Waals surface area contributed by atoms with Crippen molar-refractivity contribution in [1.82, 2.24) is 0 Å². The first-order chi connectivity index (χ1) is 9.18. The third kappa shape index (κ3) is 4.54. The van der Waals surface area contributed by atoms with Crippen LogP contribution in [0, 0.1) is 0 Å². The molecule has 2 heteroatoms. The number of ether oxygens (including phenoxy) is 2. The van der Waals surface area contributed by atoms with Crippen molar-refractivity contribution in [2.24, 2.45) is 0 Å². The summed E-state index contributed by atoms with van der Waals surface area (Å²) in [4.78, 5) is 0. The molecule has 0 aromatic heterocycles. The minimum absolute atomic E-state index is 0.290. The molecule has 0 radical (unpaired) electrons. The van der Waals surface area contributed by atoms with Gasteiger partial charge in [0.15, 0.2) is 0 Å². The molecular weight excluding hydrogens is 236 g/mol. The van der Waals surface area contributed by atoms with Gasteiger partial charge < -0.3 is 9.47 Å². The molecule has 1 heterocycles. The van der Waals surface area contributed by atoms with Crippen LogP contribution in [0.5, 0.6) is 5.75 Å². The molecule has 1 unspecified atom stereocenters. The average molecular weight is 264 g/mol. The number of hydrogen-bond donors (Lipinski definition) is 0. The number of epoxide rings is 1. The van der Waals surface area contributed by atoms with Crippen LogP contribution in [-0.4, -0.2) is 19.3 Å². The van der Waals surface area contributed by atoms with Crippen molar-refractivity contribution >= 4 is 0 Å². The van der Waals surface area contributed by atoms with Crippen molar-refractivity contribution in [3.05, 3.63) is 29.8 Å². The molecule has 1 saturated heterocycles. The molecule has 1 fully saturated rings. The van der Waals surface area contributed by atoms with E-state index in [1.165, 1.54) is 18.4 Å². The summed E-state index contributed by atoms with van der Waals surface area (Å²) in [7, 11) is 0. The van der Waals surface area contributed by atoms with Crippen molar-refractivity contribution in [2.75, 3.05) is 13.2 Å². The average Bonchev–Trinajstić information content (AvgIpc) is 3.31. The van der Waals surface area contributed by atoms with Crippen molar-refractivity contribution in [2.45, 2.75) is 59.0 Å². The lowest BCUT2D eigenvalue weighted by Gasteiger charge is -2.27. The second-order valence-electron chi connectivity index (χ2n) is 5.06. The summed E-state index contributed by atoms with van der Waals surface area (Å²) in [6.45, 7) is 12.3. The van der Waals surface area contributed by atoms with E-state index in [1.54, 1.807) is 0 Å². The van der Waals surface area contributed by atoms with Crippen LogP contribution >= 0.6 is 0 Å². The van der Waals surface area contributed by atoms with Gasteiger partial charge in [-0.2, -0.15) is 0 Å².